The molecule has 3 nitrogen and oxygen atoms in total. The number of quaternary nitrogens is 1. The Morgan fingerprint density at radius 3 is 2.43 bits per heavy atom. The maximum Gasteiger partial charge on any atom is 0.433 e. The molecule has 1 aromatic heterocycles. The van der Waals surface area contributed by atoms with E-state index in [0.29, 0.717) is 18.0 Å². The number of ether oxygens (including phenoxy) is 1. The van der Waals surface area contributed by atoms with Gasteiger partial charge in [-0.1, -0.05) is 13.3 Å². The van der Waals surface area contributed by atoms with Gasteiger partial charge in [-0.3, -0.25) is 0 Å². The monoisotopic (exact) mass is 303 g/mol. The Morgan fingerprint density at radius 2 is 1.90 bits per heavy atom. The van der Waals surface area contributed by atoms with Gasteiger partial charge in [0.2, 0.25) is 5.88 Å². The molecule has 1 aliphatic rings. The van der Waals surface area contributed by atoms with Crippen molar-refractivity contribution in [3.05, 3.63) is 23.4 Å². The van der Waals surface area contributed by atoms with Crippen molar-refractivity contribution >= 4 is 0 Å². The van der Waals surface area contributed by atoms with E-state index in [4.69, 9.17) is 4.74 Å². The van der Waals surface area contributed by atoms with Gasteiger partial charge in [0.05, 0.1) is 5.56 Å². The summed E-state index contributed by atoms with van der Waals surface area (Å²) >= 11 is 0. The zero-order valence-corrected chi connectivity index (χ0v) is 12.2. The van der Waals surface area contributed by atoms with Gasteiger partial charge in [0.25, 0.3) is 0 Å². The van der Waals surface area contributed by atoms with E-state index in [-0.39, 0.29) is 12.0 Å². The first-order chi connectivity index (χ1) is 9.94. The number of hydrogen-bond acceptors (Lipinski definition) is 2. The van der Waals surface area contributed by atoms with Crippen molar-refractivity contribution in [3.63, 3.8) is 0 Å². The van der Waals surface area contributed by atoms with Gasteiger partial charge in [-0.05, 0) is 43.7 Å². The maximum absolute atomic E-state index is 12.7. The number of pyridine rings is 1. The van der Waals surface area contributed by atoms with E-state index < -0.39 is 11.9 Å². The summed E-state index contributed by atoms with van der Waals surface area (Å²) in [5.41, 5.74) is 3.45. The third-order valence-corrected chi connectivity index (χ3v) is 4.15. The second kappa shape index (κ2) is 6.64. The van der Waals surface area contributed by atoms with Gasteiger partial charge in [-0.15, -0.1) is 0 Å². The first kappa shape index (κ1) is 16.1. The molecular weight excluding hydrogens is 281 g/mol. The van der Waals surface area contributed by atoms with Crippen molar-refractivity contribution in [2.45, 2.75) is 57.9 Å². The van der Waals surface area contributed by atoms with Crippen LogP contribution in [0.1, 0.15) is 50.3 Å². The molecule has 1 saturated carbocycles. The first-order valence-electron chi connectivity index (χ1n) is 7.47. The van der Waals surface area contributed by atoms with Crippen molar-refractivity contribution in [1.82, 2.24) is 4.98 Å². The summed E-state index contributed by atoms with van der Waals surface area (Å²) < 4.78 is 44.0. The van der Waals surface area contributed by atoms with E-state index in [1.54, 1.807) is 0 Å². The second-order valence-electron chi connectivity index (χ2n) is 5.58. The van der Waals surface area contributed by atoms with E-state index in [2.05, 4.69) is 17.6 Å². The first-order valence-corrected chi connectivity index (χ1v) is 7.47. The van der Waals surface area contributed by atoms with Crippen LogP contribution in [-0.4, -0.2) is 11.1 Å². The number of aromatic nitrogens is 1. The topological polar surface area (TPSA) is 49.8 Å². The molecule has 1 aliphatic carbocycles. The van der Waals surface area contributed by atoms with E-state index in [1.165, 1.54) is 6.07 Å². The molecule has 0 saturated heterocycles. The molecule has 1 fully saturated rings. The fourth-order valence-corrected chi connectivity index (χ4v) is 2.74. The Balaban J connectivity index is 2.11. The summed E-state index contributed by atoms with van der Waals surface area (Å²) in [4.78, 5) is 3.66. The van der Waals surface area contributed by atoms with E-state index in [1.807, 2.05) is 0 Å². The van der Waals surface area contributed by atoms with Gasteiger partial charge in [0, 0.05) is 0 Å². The van der Waals surface area contributed by atoms with Gasteiger partial charge in [-0.2, -0.15) is 13.2 Å². The van der Waals surface area contributed by atoms with E-state index in [9.17, 15) is 13.2 Å². The minimum atomic E-state index is -4.45. The van der Waals surface area contributed by atoms with Gasteiger partial charge in [-0.25, -0.2) is 4.98 Å². The summed E-state index contributed by atoms with van der Waals surface area (Å²) in [5, 5.41) is 0. The molecule has 3 N–H and O–H groups in total. The lowest BCUT2D eigenvalue weighted by Gasteiger charge is -2.28. The third kappa shape index (κ3) is 4.09. The minimum Gasteiger partial charge on any atom is -0.474 e. The van der Waals surface area contributed by atoms with Crippen molar-refractivity contribution in [1.29, 1.82) is 0 Å². The Morgan fingerprint density at radius 1 is 1.24 bits per heavy atom. The largest absolute Gasteiger partial charge is 0.474 e. The Labute approximate surface area is 122 Å². The van der Waals surface area contributed by atoms with Crippen LogP contribution in [0.3, 0.4) is 0 Å². The molecular formula is C15H22F3N2O+. The summed E-state index contributed by atoms with van der Waals surface area (Å²) in [6.07, 6.45) is 0.574. The van der Waals surface area contributed by atoms with Crippen LogP contribution in [0.2, 0.25) is 0 Å². The molecule has 0 unspecified atom stereocenters. The summed E-state index contributed by atoms with van der Waals surface area (Å²) in [6.45, 7) is 2.53. The third-order valence-electron chi connectivity index (χ3n) is 4.15. The molecule has 0 radical (unpaired) electrons. The maximum atomic E-state index is 12.7. The lowest BCUT2D eigenvalue weighted by atomic mass is 9.86. The van der Waals surface area contributed by atoms with Crippen molar-refractivity contribution < 1.29 is 23.6 Å². The van der Waals surface area contributed by atoms with Gasteiger partial charge in [0.15, 0.2) is 0 Å². The number of alkyl halides is 3. The van der Waals surface area contributed by atoms with Crippen LogP contribution in [0.25, 0.3) is 0 Å². The summed E-state index contributed by atoms with van der Waals surface area (Å²) in [6, 6.07) is 2.40. The minimum absolute atomic E-state index is 0.0333. The zero-order valence-electron chi connectivity index (χ0n) is 12.2. The van der Waals surface area contributed by atoms with Crippen molar-refractivity contribution in [3.8, 4) is 5.88 Å². The highest BCUT2D eigenvalue weighted by molar-refractivity contribution is 5.28. The Hall–Kier alpha value is -1.30. The van der Waals surface area contributed by atoms with Crippen LogP contribution in [0.15, 0.2) is 12.1 Å². The van der Waals surface area contributed by atoms with E-state index >= 15 is 0 Å². The lowest BCUT2D eigenvalue weighted by molar-refractivity contribution is -0.386. The number of hydrogen-bond donors (Lipinski definition) is 1. The van der Waals surface area contributed by atoms with Crippen molar-refractivity contribution in [2.75, 3.05) is 0 Å². The molecule has 0 aromatic carbocycles. The van der Waals surface area contributed by atoms with Crippen LogP contribution in [0.4, 0.5) is 13.2 Å². The number of nitrogens with zero attached hydrogens (tertiary/aromatic N) is 1. The zero-order chi connectivity index (χ0) is 15.5. The van der Waals surface area contributed by atoms with Gasteiger partial charge < -0.3 is 10.5 Å². The standard InChI is InChI=1S/C15H21F3N2O/c1-2-10-3-6-12(7-4-10)21-14-11(9-19)5-8-13(20-14)15(16,17)18/h5,8,10,12H,2-4,6-7,9,19H2,1H3/p+1. The molecule has 0 atom stereocenters. The molecule has 0 aliphatic heterocycles. The highest BCUT2D eigenvalue weighted by atomic mass is 19.4. The van der Waals surface area contributed by atoms with Crippen LogP contribution < -0.4 is 10.5 Å². The lowest BCUT2D eigenvalue weighted by Crippen LogP contribution is -2.47. The fourth-order valence-electron chi connectivity index (χ4n) is 2.74. The predicted octanol–water partition coefficient (Wildman–Crippen LogP) is 3.19. The summed E-state index contributed by atoms with van der Waals surface area (Å²) in [5.74, 6) is 0.811. The smallest absolute Gasteiger partial charge is 0.433 e. The highest BCUT2D eigenvalue weighted by Gasteiger charge is 2.34. The normalized spacial score (nSPS) is 23.1. The molecule has 6 heteroatoms. The Kier molecular flexibility index (Phi) is 5.08. The molecule has 1 aromatic rings. The van der Waals surface area contributed by atoms with Crippen LogP contribution in [0.5, 0.6) is 5.88 Å². The van der Waals surface area contributed by atoms with Crippen LogP contribution >= 0.6 is 0 Å². The SMILES string of the molecule is CCC1CCC(Oc2nc(C(F)(F)F)ccc2C[NH3+])CC1. The quantitative estimate of drug-likeness (QED) is 0.928. The summed E-state index contributed by atoms with van der Waals surface area (Å²) in [7, 11) is 0. The van der Waals surface area contributed by atoms with Gasteiger partial charge >= 0.3 is 6.18 Å². The number of rotatable bonds is 4. The molecule has 118 valence electrons. The molecule has 1 heterocycles. The highest BCUT2D eigenvalue weighted by Crippen LogP contribution is 2.33. The molecule has 0 amide bonds. The number of halogens is 3. The van der Waals surface area contributed by atoms with Crippen LogP contribution in [-0.2, 0) is 12.7 Å². The molecule has 0 bridgehead atoms. The Bertz CT molecular complexity index is 468. The second-order valence-corrected chi connectivity index (χ2v) is 5.58. The fraction of sp³-hybridized carbons (Fsp3) is 0.667. The van der Waals surface area contributed by atoms with Crippen LogP contribution in [0, 0.1) is 5.92 Å². The van der Waals surface area contributed by atoms with E-state index in [0.717, 1.165) is 38.2 Å². The average molecular weight is 303 g/mol. The molecule has 0 spiro atoms. The average Bonchev–Trinajstić information content (AvgIpc) is 2.47. The predicted molar refractivity (Wildman–Crippen MR) is 72.5 cm³/mol. The molecule has 21 heavy (non-hydrogen) atoms. The van der Waals surface area contributed by atoms with Crippen molar-refractivity contribution in [2.24, 2.45) is 5.92 Å². The van der Waals surface area contributed by atoms with Gasteiger partial charge in [0.1, 0.15) is 18.3 Å². The molecule has 2 rings (SSSR count).